The van der Waals surface area contributed by atoms with Crippen LogP contribution in [0.4, 0.5) is 4.79 Å². The van der Waals surface area contributed by atoms with E-state index < -0.39 is 5.97 Å². The number of likely N-dealkylation sites (tertiary alicyclic amines) is 1. The second-order valence-corrected chi connectivity index (χ2v) is 6.18. The Morgan fingerprint density at radius 2 is 1.95 bits per heavy atom. The lowest BCUT2D eigenvalue weighted by Crippen LogP contribution is -2.52. The standard InChI is InChI=1S/C14H24N2O3/c1-9-3-4-10(2)16(8-9)14(19)15-12(7-13(17)18)11-5-6-11/h9-12H,3-8H2,1-2H3,(H,15,19)(H,17,18). The minimum atomic E-state index is -0.836. The van der Waals surface area contributed by atoms with E-state index in [9.17, 15) is 9.59 Å². The summed E-state index contributed by atoms with van der Waals surface area (Å²) in [5.41, 5.74) is 0. The fourth-order valence-corrected chi connectivity index (χ4v) is 2.84. The molecule has 3 unspecified atom stereocenters. The van der Waals surface area contributed by atoms with Gasteiger partial charge >= 0.3 is 12.0 Å². The van der Waals surface area contributed by atoms with Gasteiger partial charge < -0.3 is 15.3 Å². The van der Waals surface area contributed by atoms with Gasteiger partial charge in [-0.25, -0.2) is 4.79 Å². The number of amides is 2. The van der Waals surface area contributed by atoms with Crippen molar-refractivity contribution >= 4 is 12.0 Å². The minimum Gasteiger partial charge on any atom is -0.481 e. The number of hydrogen-bond donors (Lipinski definition) is 2. The number of nitrogens with one attached hydrogen (secondary N) is 1. The molecule has 5 nitrogen and oxygen atoms in total. The quantitative estimate of drug-likeness (QED) is 0.820. The van der Waals surface area contributed by atoms with Crippen LogP contribution in [0.5, 0.6) is 0 Å². The molecule has 2 aliphatic rings. The molecular weight excluding hydrogens is 244 g/mol. The number of carboxylic acid groups (broad SMARTS) is 1. The third kappa shape index (κ3) is 3.85. The van der Waals surface area contributed by atoms with Gasteiger partial charge in [0.15, 0.2) is 0 Å². The molecule has 2 N–H and O–H groups in total. The Bertz CT molecular complexity index is 355. The van der Waals surface area contributed by atoms with E-state index in [0.717, 1.165) is 32.2 Å². The lowest BCUT2D eigenvalue weighted by atomic mass is 9.95. The summed E-state index contributed by atoms with van der Waals surface area (Å²) in [4.78, 5) is 25.0. The summed E-state index contributed by atoms with van der Waals surface area (Å²) in [6.07, 6.45) is 4.29. The van der Waals surface area contributed by atoms with Crippen molar-refractivity contribution < 1.29 is 14.7 Å². The zero-order chi connectivity index (χ0) is 14.0. The summed E-state index contributed by atoms with van der Waals surface area (Å²) >= 11 is 0. The molecule has 0 spiro atoms. The molecule has 3 atom stereocenters. The summed E-state index contributed by atoms with van der Waals surface area (Å²) in [6.45, 7) is 4.99. The summed E-state index contributed by atoms with van der Waals surface area (Å²) in [5, 5.41) is 11.9. The monoisotopic (exact) mass is 268 g/mol. The number of carbonyl (C=O) groups is 2. The minimum absolute atomic E-state index is 0.0359. The molecule has 1 aliphatic carbocycles. The first kappa shape index (κ1) is 14.2. The smallest absolute Gasteiger partial charge is 0.317 e. The van der Waals surface area contributed by atoms with E-state index >= 15 is 0 Å². The first-order valence-electron chi connectivity index (χ1n) is 7.26. The molecule has 19 heavy (non-hydrogen) atoms. The van der Waals surface area contributed by atoms with Crippen LogP contribution in [0.25, 0.3) is 0 Å². The normalized spacial score (nSPS) is 28.8. The van der Waals surface area contributed by atoms with E-state index in [-0.39, 0.29) is 24.5 Å². The topological polar surface area (TPSA) is 69.6 Å². The van der Waals surface area contributed by atoms with Gasteiger partial charge in [0.25, 0.3) is 0 Å². The zero-order valence-electron chi connectivity index (χ0n) is 11.8. The van der Waals surface area contributed by atoms with Crippen LogP contribution in [-0.2, 0) is 4.79 Å². The average molecular weight is 268 g/mol. The molecule has 0 radical (unpaired) electrons. The Labute approximate surface area is 114 Å². The molecule has 2 fully saturated rings. The number of hydrogen-bond acceptors (Lipinski definition) is 2. The Morgan fingerprint density at radius 1 is 1.26 bits per heavy atom. The molecule has 2 amide bonds. The molecule has 0 aromatic carbocycles. The van der Waals surface area contributed by atoms with Gasteiger partial charge in [0.1, 0.15) is 0 Å². The molecule has 1 aliphatic heterocycles. The third-order valence-electron chi connectivity index (χ3n) is 4.27. The van der Waals surface area contributed by atoms with Crippen LogP contribution in [0.15, 0.2) is 0 Å². The zero-order valence-corrected chi connectivity index (χ0v) is 11.8. The molecule has 1 heterocycles. The van der Waals surface area contributed by atoms with Gasteiger partial charge in [0, 0.05) is 18.6 Å². The highest BCUT2D eigenvalue weighted by molar-refractivity contribution is 5.76. The lowest BCUT2D eigenvalue weighted by molar-refractivity contribution is -0.137. The van der Waals surface area contributed by atoms with Gasteiger partial charge in [-0.15, -0.1) is 0 Å². The van der Waals surface area contributed by atoms with E-state index in [0.29, 0.717) is 11.8 Å². The van der Waals surface area contributed by atoms with Gasteiger partial charge in [-0.2, -0.15) is 0 Å². The van der Waals surface area contributed by atoms with Crippen LogP contribution >= 0.6 is 0 Å². The van der Waals surface area contributed by atoms with E-state index in [2.05, 4.69) is 19.2 Å². The van der Waals surface area contributed by atoms with Crippen molar-refractivity contribution in [1.82, 2.24) is 10.2 Å². The number of rotatable bonds is 4. The van der Waals surface area contributed by atoms with Crippen LogP contribution in [0, 0.1) is 11.8 Å². The van der Waals surface area contributed by atoms with Crippen LogP contribution < -0.4 is 5.32 Å². The Balaban J connectivity index is 1.92. The van der Waals surface area contributed by atoms with E-state index in [1.807, 2.05) is 4.90 Å². The molecule has 5 heteroatoms. The van der Waals surface area contributed by atoms with Gasteiger partial charge in [-0.1, -0.05) is 6.92 Å². The van der Waals surface area contributed by atoms with Crippen molar-refractivity contribution in [2.45, 2.75) is 58.0 Å². The van der Waals surface area contributed by atoms with Gasteiger partial charge in [-0.3, -0.25) is 4.79 Å². The molecule has 1 saturated carbocycles. The predicted molar refractivity (Wildman–Crippen MR) is 71.9 cm³/mol. The molecule has 0 aromatic rings. The first-order chi connectivity index (χ1) is 8.97. The van der Waals surface area contributed by atoms with Crippen molar-refractivity contribution in [2.75, 3.05) is 6.54 Å². The van der Waals surface area contributed by atoms with Crippen molar-refractivity contribution in [1.29, 1.82) is 0 Å². The third-order valence-corrected chi connectivity index (χ3v) is 4.27. The summed E-state index contributed by atoms with van der Waals surface area (Å²) in [5.74, 6) is 0.0515. The lowest BCUT2D eigenvalue weighted by Gasteiger charge is -2.37. The first-order valence-corrected chi connectivity index (χ1v) is 7.26. The number of urea groups is 1. The highest BCUT2D eigenvalue weighted by atomic mass is 16.4. The second-order valence-electron chi connectivity index (χ2n) is 6.18. The number of nitrogens with zero attached hydrogens (tertiary/aromatic N) is 1. The van der Waals surface area contributed by atoms with Crippen molar-refractivity contribution in [2.24, 2.45) is 11.8 Å². The summed E-state index contributed by atoms with van der Waals surface area (Å²) in [7, 11) is 0. The van der Waals surface area contributed by atoms with Crippen molar-refractivity contribution in [3.8, 4) is 0 Å². The largest absolute Gasteiger partial charge is 0.481 e. The molecule has 108 valence electrons. The van der Waals surface area contributed by atoms with E-state index in [4.69, 9.17) is 5.11 Å². The number of piperidine rings is 1. The van der Waals surface area contributed by atoms with Crippen molar-refractivity contribution in [3.05, 3.63) is 0 Å². The van der Waals surface area contributed by atoms with E-state index in [1.165, 1.54) is 0 Å². The van der Waals surface area contributed by atoms with Gasteiger partial charge in [0.2, 0.25) is 0 Å². The van der Waals surface area contributed by atoms with Crippen molar-refractivity contribution in [3.63, 3.8) is 0 Å². The SMILES string of the molecule is CC1CCC(C)N(C(=O)NC(CC(=O)O)C2CC2)C1. The molecule has 0 aromatic heterocycles. The average Bonchev–Trinajstić information content (AvgIpc) is 3.14. The fraction of sp³-hybridized carbons (Fsp3) is 0.857. The fourth-order valence-electron chi connectivity index (χ4n) is 2.84. The van der Waals surface area contributed by atoms with Crippen LogP contribution in [0.3, 0.4) is 0 Å². The molecular formula is C14H24N2O3. The maximum Gasteiger partial charge on any atom is 0.317 e. The van der Waals surface area contributed by atoms with Crippen LogP contribution in [0.1, 0.15) is 46.0 Å². The maximum atomic E-state index is 12.3. The number of carboxylic acids is 1. The molecule has 1 saturated heterocycles. The Hall–Kier alpha value is -1.26. The maximum absolute atomic E-state index is 12.3. The Kier molecular flexibility index (Phi) is 4.32. The van der Waals surface area contributed by atoms with Crippen LogP contribution in [0.2, 0.25) is 0 Å². The number of carbonyl (C=O) groups excluding carboxylic acids is 1. The summed E-state index contributed by atoms with van der Waals surface area (Å²) in [6, 6.07) is -0.0347. The van der Waals surface area contributed by atoms with E-state index in [1.54, 1.807) is 0 Å². The van der Waals surface area contributed by atoms with Gasteiger partial charge in [-0.05, 0) is 44.4 Å². The highest BCUT2D eigenvalue weighted by Crippen LogP contribution is 2.34. The van der Waals surface area contributed by atoms with Crippen LogP contribution in [-0.4, -0.2) is 40.6 Å². The molecule has 2 rings (SSSR count). The molecule has 0 bridgehead atoms. The second kappa shape index (κ2) is 5.80. The Morgan fingerprint density at radius 3 is 2.53 bits per heavy atom. The highest BCUT2D eigenvalue weighted by Gasteiger charge is 2.36. The van der Waals surface area contributed by atoms with Gasteiger partial charge in [0.05, 0.1) is 6.42 Å². The summed E-state index contributed by atoms with van der Waals surface area (Å²) < 4.78 is 0. The number of aliphatic carboxylic acids is 1. The predicted octanol–water partition coefficient (Wildman–Crippen LogP) is 2.07.